The summed E-state index contributed by atoms with van der Waals surface area (Å²) in [5, 5.41) is 6.86. The topological polar surface area (TPSA) is 56.1 Å². The number of halogens is 3. The lowest BCUT2D eigenvalue weighted by molar-refractivity contribution is -0.137. The first-order chi connectivity index (χ1) is 12.9. The van der Waals surface area contributed by atoms with E-state index in [2.05, 4.69) is 10.4 Å². The van der Waals surface area contributed by atoms with Crippen molar-refractivity contribution in [3.8, 4) is 11.4 Å². The first kappa shape index (κ1) is 18.5. The third kappa shape index (κ3) is 4.87. The van der Waals surface area contributed by atoms with Gasteiger partial charge < -0.3 is 10.1 Å². The summed E-state index contributed by atoms with van der Waals surface area (Å²) in [6.45, 7) is 0.314. The molecule has 1 heterocycles. The molecule has 0 bridgehead atoms. The Balaban J connectivity index is 1.47. The van der Waals surface area contributed by atoms with Gasteiger partial charge in [-0.15, -0.1) is 0 Å². The molecule has 0 aliphatic heterocycles. The molecule has 3 rings (SSSR count). The fraction of sp³-hybridized carbons (Fsp3) is 0.158. The van der Waals surface area contributed by atoms with Crippen LogP contribution in [0.1, 0.15) is 16.1 Å². The fourth-order valence-electron chi connectivity index (χ4n) is 2.33. The minimum absolute atomic E-state index is 0.122. The smallest absolute Gasteiger partial charge is 0.416 e. The van der Waals surface area contributed by atoms with Crippen molar-refractivity contribution in [1.82, 2.24) is 15.1 Å². The minimum Gasteiger partial charge on any atom is -0.492 e. The third-order valence-electron chi connectivity index (χ3n) is 3.68. The first-order valence-electron chi connectivity index (χ1n) is 8.13. The van der Waals surface area contributed by atoms with Crippen LogP contribution in [0.3, 0.4) is 0 Å². The Morgan fingerprint density at radius 1 is 1.04 bits per heavy atom. The van der Waals surface area contributed by atoms with Crippen molar-refractivity contribution in [2.75, 3.05) is 13.2 Å². The third-order valence-corrected chi connectivity index (χ3v) is 3.68. The van der Waals surface area contributed by atoms with Gasteiger partial charge >= 0.3 is 6.18 Å². The molecular weight excluding hydrogens is 359 g/mol. The van der Waals surface area contributed by atoms with Gasteiger partial charge in [0.15, 0.2) is 5.69 Å². The molecule has 0 aliphatic rings. The van der Waals surface area contributed by atoms with Gasteiger partial charge in [0.2, 0.25) is 0 Å². The second-order valence-corrected chi connectivity index (χ2v) is 5.61. The zero-order valence-corrected chi connectivity index (χ0v) is 14.1. The molecule has 0 atom stereocenters. The fourth-order valence-corrected chi connectivity index (χ4v) is 2.33. The van der Waals surface area contributed by atoms with Crippen LogP contribution >= 0.6 is 0 Å². The molecule has 0 fully saturated rings. The number of amides is 1. The maximum Gasteiger partial charge on any atom is 0.416 e. The number of hydrogen-bond donors (Lipinski definition) is 1. The van der Waals surface area contributed by atoms with Crippen molar-refractivity contribution in [2.24, 2.45) is 0 Å². The molecule has 0 spiro atoms. The Morgan fingerprint density at radius 3 is 2.41 bits per heavy atom. The zero-order valence-electron chi connectivity index (χ0n) is 14.1. The molecule has 1 N–H and O–H groups in total. The van der Waals surface area contributed by atoms with E-state index in [-0.39, 0.29) is 24.8 Å². The monoisotopic (exact) mass is 375 g/mol. The highest BCUT2D eigenvalue weighted by Gasteiger charge is 2.29. The molecule has 1 amide bonds. The summed E-state index contributed by atoms with van der Waals surface area (Å²) < 4.78 is 44.4. The van der Waals surface area contributed by atoms with E-state index in [0.717, 1.165) is 17.8 Å². The molecular formula is C19H16F3N3O2. The number of hydrogen-bond acceptors (Lipinski definition) is 3. The van der Waals surface area contributed by atoms with Crippen LogP contribution in [0.4, 0.5) is 13.2 Å². The van der Waals surface area contributed by atoms with E-state index in [1.807, 2.05) is 30.3 Å². The van der Waals surface area contributed by atoms with Gasteiger partial charge in [0.25, 0.3) is 5.91 Å². The Kier molecular flexibility index (Phi) is 5.44. The molecule has 0 saturated carbocycles. The van der Waals surface area contributed by atoms with Crippen LogP contribution in [0, 0.1) is 0 Å². The molecule has 0 saturated heterocycles. The molecule has 27 heavy (non-hydrogen) atoms. The number of aromatic nitrogens is 2. The normalized spacial score (nSPS) is 11.2. The molecule has 8 heteroatoms. The second kappa shape index (κ2) is 7.94. The largest absolute Gasteiger partial charge is 0.492 e. The lowest BCUT2D eigenvalue weighted by atomic mass is 10.2. The average Bonchev–Trinajstić information content (AvgIpc) is 3.16. The van der Waals surface area contributed by atoms with E-state index in [9.17, 15) is 18.0 Å². The Morgan fingerprint density at radius 2 is 1.74 bits per heavy atom. The number of carbonyl (C=O) groups is 1. The van der Waals surface area contributed by atoms with Crippen LogP contribution in [0.25, 0.3) is 5.69 Å². The molecule has 5 nitrogen and oxygen atoms in total. The number of para-hydroxylation sites is 1. The van der Waals surface area contributed by atoms with E-state index in [0.29, 0.717) is 5.75 Å². The molecule has 1 aromatic heterocycles. The number of carbonyl (C=O) groups excluding carboxylic acids is 1. The van der Waals surface area contributed by atoms with Gasteiger partial charge in [-0.3, -0.25) is 4.79 Å². The van der Waals surface area contributed by atoms with Crippen LogP contribution in [0.2, 0.25) is 0 Å². The average molecular weight is 375 g/mol. The number of ether oxygens (including phenoxy) is 1. The summed E-state index contributed by atoms with van der Waals surface area (Å²) in [6, 6.07) is 15.3. The summed E-state index contributed by atoms with van der Waals surface area (Å²) in [5.74, 6) is -0.0636. The van der Waals surface area contributed by atoms with Gasteiger partial charge in [-0.05, 0) is 42.5 Å². The summed E-state index contributed by atoms with van der Waals surface area (Å²) in [5.41, 5.74) is 0.354. The number of nitrogens with zero attached hydrogens (tertiary/aromatic N) is 2. The lowest BCUT2D eigenvalue weighted by Gasteiger charge is -2.09. The van der Waals surface area contributed by atoms with E-state index < -0.39 is 11.7 Å². The first-order valence-corrected chi connectivity index (χ1v) is 8.13. The van der Waals surface area contributed by atoms with Crippen molar-refractivity contribution in [2.45, 2.75) is 6.18 Å². The summed E-state index contributed by atoms with van der Waals surface area (Å²) >= 11 is 0. The highest BCUT2D eigenvalue weighted by atomic mass is 19.4. The molecule has 0 radical (unpaired) electrons. The Labute approximate surface area is 153 Å². The predicted octanol–water partition coefficient (Wildman–Crippen LogP) is 3.70. The molecule has 140 valence electrons. The number of rotatable bonds is 6. The van der Waals surface area contributed by atoms with Crippen molar-refractivity contribution >= 4 is 5.91 Å². The molecule has 0 aliphatic carbocycles. The van der Waals surface area contributed by atoms with Gasteiger partial charge in [-0.2, -0.15) is 18.3 Å². The minimum atomic E-state index is -4.38. The zero-order chi connectivity index (χ0) is 19.3. The van der Waals surface area contributed by atoms with Gasteiger partial charge in [-0.1, -0.05) is 18.2 Å². The number of alkyl halides is 3. The summed E-state index contributed by atoms with van der Waals surface area (Å²) in [4.78, 5) is 12.1. The SMILES string of the molecule is O=C(NCCOc1ccc(C(F)(F)F)cc1)c1ccn(-c2ccccc2)n1. The Bertz CT molecular complexity index is 891. The number of nitrogens with one attached hydrogen (secondary N) is 1. The molecule has 3 aromatic rings. The van der Waals surface area contributed by atoms with Crippen molar-refractivity contribution < 1.29 is 22.7 Å². The van der Waals surface area contributed by atoms with Crippen LogP contribution in [0.5, 0.6) is 5.75 Å². The van der Waals surface area contributed by atoms with Gasteiger partial charge in [0, 0.05) is 6.20 Å². The summed E-state index contributed by atoms with van der Waals surface area (Å²) in [7, 11) is 0. The van der Waals surface area contributed by atoms with Crippen LogP contribution in [-0.2, 0) is 6.18 Å². The lowest BCUT2D eigenvalue weighted by Crippen LogP contribution is -2.28. The maximum absolute atomic E-state index is 12.5. The standard InChI is InChI=1S/C19H16F3N3O2/c20-19(21,22)14-6-8-16(9-7-14)27-13-11-23-18(26)17-10-12-25(24-17)15-4-2-1-3-5-15/h1-10,12H,11,13H2,(H,23,26). The van der Waals surface area contributed by atoms with Crippen LogP contribution in [0.15, 0.2) is 66.9 Å². The van der Waals surface area contributed by atoms with E-state index in [1.54, 1.807) is 16.9 Å². The van der Waals surface area contributed by atoms with Crippen molar-refractivity contribution in [1.29, 1.82) is 0 Å². The van der Waals surface area contributed by atoms with Crippen molar-refractivity contribution in [3.63, 3.8) is 0 Å². The second-order valence-electron chi connectivity index (χ2n) is 5.61. The highest BCUT2D eigenvalue weighted by Crippen LogP contribution is 2.30. The molecule has 2 aromatic carbocycles. The number of benzene rings is 2. The quantitative estimate of drug-likeness (QED) is 0.669. The van der Waals surface area contributed by atoms with E-state index in [1.165, 1.54) is 12.1 Å². The van der Waals surface area contributed by atoms with E-state index >= 15 is 0 Å². The van der Waals surface area contributed by atoms with Crippen LogP contribution < -0.4 is 10.1 Å². The van der Waals surface area contributed by atoms with Crippen LogP contribution in [-0.4, -0.2) is 28.8 Å². The van der Waals surface area contributed by atoms with Gasteiger partial charge in [0.1, 0.15) is 12.4 Å². The van der Waals surface area contributed by atoms with Gasteiger partial charge in [-0.25, -0.2) is 4.68 Å². The van der Waals surface area contributed by atoms with Gasteiger partial charge in [0.05, 0.1) is 17.8 Å². The highest BCUT2D eigenvalue weighted by molar-refractivity contribution is 5.92. The van der Waals surface area contributed by atoms with E-state index in [4.69, 9.17) is 4.74 Å². The Hall–Kier alpha value is -3.29. The molecule has 0 unspecified atom stereocenters. The predicted molar refractivity (Wildman–Crippen MR) is 92.8 cm³/mol. The maximum atomic E-state index is 12.5. The van der Waals surface area contributed by atoms with Crippen molar-refractivity contribution in [3.05, 3.63) is 78.1 Å². The summed E-state index contributed by atoms with van der Waals surface area (Å²) in [6.07, 6.45) is -2.70.